The molecule has 1 aliphatic rings. The Morgan fingerprint density at radius 3 is 2.50 bits per heavy atom. The van der Waals surface area contributed by atoms with Crippen LogP contribution in [0.25, 0.3) is 0 Å². The van der Waals surface area contributed by atoms with Crippen LogP contribution >= 0.6 is 15.9 Å². The summed E-state index contributed by atoms with van der Waals surface area (Å²) >= 11 is 3.31. The van der Waals surface area contributed by atoms with Gasteiger partial charge in [-0.2, -0.15) is 0 Å². The van der Waals surface area contributed by atoms with Crippen LogP contribution in [-0.4, -0.2) is 8.42 Å². The summed E-state index contributed by atoms with van der Waals surface area (Å²) in [4.78, 5) is 0.296. The Kier molecular flexibility index (Phi) is 3.67. The smallest absolute Gasteiger partial charge is 0.207 e. The average molecular weight is 352 g/mol. The standard InChI is InChI=1S/C15H14BrNO2S/c16-12-6-8-13(9-7-12)20(18,19)17-15-10-5-11-3-1-2-4-14(11)15/h1-4,6-9,15,17H,5,10H2. The van der Waals surface area contributed by atoms with Crippen LogP contribution in [0.15, 0.2) is 57.9 Å². The maximum absolute atomic E-state index is 12.4. The second-order valence-corrected chi connectivity index (χ2v) is 7.49. The third kappa shape index (κ3) is 2.66. The van der Waals surface area contributed by atoms with Gasteiger partial charge in [0.05, 0.1) is 4.90 Å². The molecule has 1 atom stereocenters. The maximum Gasteiger partial charge on any atom is 0.241 e. The highest BCUT2D eigenvalue weighted by molar-refractivity contribution is 9.10. The zero-order valence-corrected chi connectivity index (χ0v) is 13.1. The summed E-state index contributed by atoms with van der Waals surface area (Å²) < 4.78 is 28.4. The number of hydrogen-bond donors (Lipinski definition) is 1. The van der Waals surface area contributed by atoms with Crippen molar-refractivity contribution in [3.63, 3.8) is 0 Å². The molecule has 0 spiro atoms. The number of fused-ring (bicyclic) bond motifs is 1. The topological polar surface area (TPSA) is 46.2 Å². The summed E-state index contributed by atoms with van der Waals surface area (Å²) in [5.41, 5.74) is 2.32. The lowest BCUT2D eigenvalue weighted by atomic mass is 10.1. The first-order chi connectivity index (χ1) is 9.56. The fourth-order valence-electron chi connectivity index (χ4n) is 2.55. The van der Waals surface area contributed by atoms with Crippen molar-refractivity contribution in [2.45, 2.75) is 23.8 Å². The number of sulfonamides is 1. The van der Waals surface area contributed by atoms with Crippen LogP contribution in [0.1, 0.15) is 23.6 Å². The fourth-order valence-corrected chi connectivity index (χ4v) is 4.06. The van der Waals surface area contributed by atoms with Gasteiger partial charge in [0.15, 0.2) is 0 Å². The van der Waals surface area contributed by atoms with Crippen LogP contribution in [0.4, 0.5) is 0 Å². The Morgan fingerprint density at radius 2 is 1.75 bits per heavy atom. The highest BCUT2D eigenvalue weighted by Gasteiger charge is 2.26. The summed E-state index contributed by atoms with van der Waals surface area (Å²) in [6, 6.07) is 14.5. The minimum atomic E-state index is -3.47. The molecule has 1 N–H and O–H groups in total. The van der Waals surface area contributed by atoms with Crippen LogP contribution < -0.4 is 4.72 Å². The van der Waals surface area contributed by atoms with Gasteiger partial charge in [-0.1, -0.05) is 40.2 Å². The maximum atomic E-state index is 12.4. The Hall–Kier alpha value is -1.17. The Bertz CT molecular complexity index is 726. The third-order valence-electron chi connectivity index (χ3n) is 3.55. The van der Waals surface area contributed by atoms with Crippen LogP contribution in [0.2, 0.25) is 0 Å². The lowest BCUT2D eigenvalue weighted by Crippen LogP contribution is -2.27. The quantitative estimate of drug-likeness (QED) is 0.920. The highest BCUT2D eigenvalue weighted by Crippen LogP contribution is 2.32. The second-order valence-electron chi connectivity index (χ2n) is 4.87. The van der Waals surface area contributed by atoms with Crippen LogP contribution in [0.5, 0.6) is 0 Å². The molecule has 0 amide bonds. The van der Waals surface area contributed by atoms with E-state index in [9.17, 15) is 8.42 Å². The molecule has 1 unspecified atom stereocenters. The molecule has 2 aromatic rings. The minimum absolute atomic E-state index is 0.125. The molecule has 0 bridgehead atoms. The predicted octanol–water partition coefficient (Wildman–Crippen LogP) is 3.41. The van der Waals surface area contributed by atoms with Crippen molar-refractivity contribution >= 4 is 26.0 Å². The van der Waals surface area contributed by atoms with Gasteiger partial charge in [0, 0.05) is 10.5 Å². The molecule has 3 nitrogen and oxygen atoms in total. The van der Waals surface area contributed by atoms with E-state index < -0.39 is 10.0 Å². The van der Waals surface area contributed by atoms with E-state index in [0.717, 1.165) is 22.9 Å². The molecule has 0 saturated carbocycles. The van der Waals surface area contributed by atoms with E-state index in [1.165, 1.54) is 5.56 Å². The van der Waals surface area contributed by atoms with Crippen LogP contribution in [0, 0.1) is 0 Å². The summed E-state index contributed by atoms with van der Waals surface area (Å²) in [5, 5.41) is 0. The first-order valence-electron chi connectivity index (χ1n) is 6.42. The van der Waals surface area contributed by atoms with Crippen molar-refractivity contribution in [2.24, 2.45) is 0 Å². The molecular formula is C15H14BrNO2S. The highest BCUT2D eigenvalue weighted by atomic mass is 79.9. The first kappa shape index (κ1) is 13.8. The number of halogens is 1. The van der Waals surface area contributed by atoms with E-state index in [0.29, 0.717) is 4.90 Å². The van der Waals surface area contributed by atoms with Crippen molar-refractivity contribution in [2.75, 3.05) is 0 Å². The predicted molar refractivity (Wildman–Crippen MR) is 82.0 cm³/mol. The summed E-state index contributed by atoms with van der Waals surface area (Å²) in [7, 11) is -3.47. The molecule has 0 fully saturated rings. The van der Waals surface area contributed by atoms with Crippen molar-refractivity contribution < 1.29 is 8.42 Å². The molecule has 0 aliphatic heterocycles. The SMILES string of the molecule is O=S(=O)(NC1CCc2ccccc21)c1ccc(Br)cc1. The molecule has 20 heavy (non-hydrogen) atoms. The van der Waals surface area contributed by atoms with Crippen molar-refractivity contribution in [3.8, 4) is 0 Å². The van der Waals surface area contributed by atoms with Gasteiger partial charge in [-0.25, -0.2) is 13.1 Å². The second kappa shape index (κ2) is 5.31. The summed E-state index contributed by atoms with van der Waals surface area (Å²) in [6.45, 7) is 0. The molecule has 104 valence electrons. The Morgan fingerprint density at radius 1 is 1.05 bits per heavy atom. The van der Waals surface area contributed by atoms with E-state index in [2.05, 4.69) is 26.7 Å². The largest absolute Gasteiger partial charge is 0.241 e. The number of nitrogens with one attached hydrogen (secondary N) is 1. The molecule has 0 radical (unpaired) electrons. The van der Waals surface area contributed by atoms with E-state index in [1.807, 2.05) is 18.2 Å². The van der Waals surface area contributed by atoms with Gasteiger partial charge in [0.1, 0.15) is 0 Å². The number of aryl methyl sites for hydroxylation is 1. The Labute approximate surface area is 127 Å². The molecule has 3 rings (SSSR count). The monoisotopic (exact) mass is 351 g/mol. The van der Waals surface area contributed by atoms with Gasteiger partial charge in [0.2, 0.25) is 10.0 Å². The molecule has 1 aliphatic carbocycles. The molecule has 0 aromatic heterocycles. The van der Waals surface area contributed by atoms with Gasteiger partial charge in [0.25, 0.3) is 0 Å². The molecule has 5 heteroatoms. The summed E-state index contributed by atoms with van der Waals surface area (Å²) in [6.07, 6.45) is 1.73. The van der Waals surface area contributed by atoms with Gasteiger partial charge in [-0.3, -0.25) is 0 Å². The normalized spacial score (nSPS) is 17.9. The van der Waals surface area contributed by atoms with Crippen molar-refractivity contribution in [3.05, 3.63) is 64.1 Å². The minimum Gasteiger partial charge on any atom is -0.207 e. The molecule has 0 heterocycles. The van der Waals surface area contributed by atoms with E-state index in [4.69, 9.17) is 0 Å². The molecule has 2 aromatic carbocycles. The lowest BCUT2D eigenvalue weighted by Gasteiger charge is -2.14. The van der Waals surface area contributed by atoms with E-state index in [1.54, 1.807) is 24.3 Å². The first-order valence-corrected chi connectivity index (χ1v) is 8.69. The molecule has 0 saturated heterocycles. The van der Waals surface area contributed by atoms with Gasteiger partial charge < -0.3 is 0 Å². The van der Waals surface area contributed by atoms with E-state index >= 15 is 0 Å². The van der Waals surface area contributed by atoms with Crippen molar-refractivity contribution in [1.29, 1.82) is 0 Å². The van der Waals surface area contributed by atoms with Crippen LogP contribution in [0.3, 0.4) is 0 Å². The average Bonchev–Trinajstić information content (AvgIpc) is 2.82. The van der Waals surface area contributed by atoms with Crippen molar-refractivity contribution in [1.82, 2.24) is 4.72 Å². The third-order valence-corrected chi connectivity index (χ3v) is 5.57. The van der Waals surface area contributed by atoms with Gasteiger partial charge in [-0.05, 0) is 48.2 Å². The zero-order valence-electron chi connectivity index (χ0n) is 10.7. The number of rotatable bonds is 3. The fraction of sp³-hybridized carbons (Fsp3) is 0.200. The number of benzene rings is 2. The zero-order chi connectivity index (χ0) is 14.2. The summed E-state index contributed by atoms with van der Waals surface area (Å²) in [5.74, 6) is 0. The lowest BCUT2D eigenvalue weighted by molar-refractivity contribution is 0.554. The van der Waals surface area contributed by atoms with E-state index in [-0.39, 0.29) is 6.04 Å². The molecular weight excluding hydrogens is 338 g/mol. The van der Waals surface area contributed by atoms with Crippen LogP contribution in [-0.2, 0) is 16.4 Å². The number of hydrogen-bond acceptors (Lipinski definition) is 2. The van der Waals surface area contributed by atoms with Gasteiger partial charge >= 0.3 is 0 Å². The van der Waals surface area contributed by atoms with Gasteiger partial charge in [-0.15, -0.1) is 0 Å². The Balaban J connectivity index is 1.86.